The molecule has 0 aliphatic carbocycles. The Morgan fingerprint density at radius 2 is 1.90 bits per heavy atom. The first-order valence-corrected chi connectivity index (χ1v) is 7.99. The number of aryl methyl sites for hydroxylation is 2. The maximum absolute atomic E-state index is 12.4. The summed E-state index contributed by atoms with van der Waals surface area (Å²) in [6, 6.07) is 0.144. The molecule has 8 nitrogen and oxygen atoms in total. The fraction of sp³-hybridized carbons (Fsp3) is 0.500. The Labute approximate surface area is 124 Å². The van der Waals surface area contributed by atoms with Crippen LogP contribution in [0.4, 0.5) is 11.5 Å². The van der Waals surface area contributed by atoms with Crippen LogP contribution in [0.2, 0.25) is 0 Å². The van der Waals surface area contributed by atoms with Crippen LogP contribution >= 0.6 is 0 Å². The van der Waals surface area contributed by atoms with Gasteiger partial charge in [0.05, 0.1) is 17.1 Å². The molecule has 0 aliphatic rings. The molecule has 0 atom stereocenters. The van der Waals surface area contributed by atoms with Crippen LogP contribution in [-0.2, 0) is 17.1 Å². The molecule has 21 heavy (non-hydrogen) atoms. The Morgan fingerprint density at radius 1 is 1.29 bits per heavy atom. The number of sulfonamides is 1. The summed E-state index contributed by atoms with van der Waals surface area (Å²) < 4.78 is 30.6. The molecule has 3 N–H and O–H groups in total. The molecule has 0 unspecified atom stereocenters. The van der Waals surface area contributed by atoms with Gasteiger partial charge in [0.1, 0.15) is 4.90 Å². The van der Waals surface area contributed by atoms with Crippen molar-refractivity contribution in [3.63, 3.8) is 0 Å². The molecule has 0 aliphatic heterocycles. The van der Waals surface area contributed by atoms with E-state index in [2.05, 4.69) is 14.9 Å². The number of aromatic nitrogens is 4. The van der Waals surface area contributed by atoms with E-state index in [-0.39, 0.29) is 16.8 Å². The van der Waals surface area contributed by atoms with Gasteiger partial charge in [0, 0.05) is 19.3 Å². The maximum Gasteiger partial charge on any atom is 0.267 e. The van der Waals surface area contributed by atoms with Gasteiger partial charge in [-0.05, 0) is 27.7 Å². The van der Waals surface area contributed by atoms with Crippen molar-refractivity contribution in [2.45, 2.75) is 38.6 Å². The fourth-order valence-corrected chi connectivity index (χ4v) is 3.48. The van der Waals surface area contributed by atoms with Crippen molar-refractivity contribution in [1.29, 1.82) is 0 Å². The molecule has 116 valence electrons. The minimum Gasteiger partial charge on any atom is -0.381 e. The second kappa shape index (κ2) is 5.06. The predicted octanol–water partition coefficient (Wildman–Crippen LogP) is 1.20. The van der Waals surface area contributed by atoms with Crippen molar-refractivity contribution in [1.82, 2.24) is 19.6 Å². The average molecular weight is 312 g/mol. The van der Waals surface area contributed by atoms with Gasteiger partial charge in [0.2, 0.25) is 0 Å². The van der Waals surface area contributed by atoms with Crippen LogP contribution in [0.25, 0.3) is 0 Å². The van der Waals surface area contributed by atoms with Crippen molar-refractivity contribution in [3.05, 3.63) is 17.6 Å². The van der Waals surface area contributed by atoms with Gasteiger partial charge in [0.25, 0.3) is 10.0 Å². The van der Waals surface area contributed by atoms with Crippen LogP contribution in [0.1, 0.15) is 31.3 Å². The minimum absolute atomic E-state index is 0.0310. The van der Waals surface area contributed by atoms with Crippen molar-refractivity contribution < 1.29 is 8.42 Å². The van der Waals surface area contributed by atoms with E-state index >= 15 is 0 Å². The third-order valence-electron chi connectivity index (χ3n) is 3.16. The molecule has 0 fully saturated rings. The summed E-state index contributed by atoms with van der Waals surface area (Å²) in [5.74, 6) is -0.0310. The van der Waals surface area contributed by atoms with E-state index in [4.69, 9.17) is 5.73 Å². The van der Waals surface area contributed by atoms with Crippen molar-refractivity contribution in [2.24, 2.45) is 7.05 Å². The lowest BCUT2D eigenvalue weighted by Gasteiger charge is -2.10. The highest BCUT2D eigenvalue weighted by molar-refractivity contribution is 7.92. The Balaban J connectivity index is 2.45. The molecule has 0 saturated heterocycles. The maximum atomic E-state index is 12.4. The summed E-state index contributed by atoms with van der Waals surface area (Å²) in [5.41, 5.74) is 7.49. The summed E-state index contributed by atoms with van der Waals surface area (Å²) in [7, 11) is -2.18. The first-order valence-electron chi connectivity index (χ1n) is 6.51. The molecule has 0 bridgehead atoms. The van der Waals surface area contributed by atoms with Gasteiger partial charge in [-0.1, -0.05) is 0 Å². The Kier molecular flexibility index (Phi) is 3.70. The van der Waals surface area contributed by atoms with E-state index in [1.807, 2.05) is 20.8 Å². The first kappa shape index (κ1) is 15.4. The van der Waals surface area contributed by atoms with E-state index in [0.717, 1.165) is 5.69 Å². The molecule has 0 amide bonds. The van der Waals surface area contributed by atoms with Crippen LogP contribution in [0.15, 0.2) is 11.1 Å². The summed E-state index contributed by atoms with van der Waals surface area (Å²) in [4.78, 5) is -0.0407. The zero-order valence-corrected chi connectivity index (χ0v) is 13.6. The van der Waals surface area contributed by atoms with Crippen LogP contribution < -0.4 is 10.5 Å². The second-order valence-electron chi connectivity index (χ2n) is 5.24. The molecule has 9 heteroatoms. The zero-order valence-electron chi connectivity index (χ0n) is 12.7. The molecule has 0 radical (unpaired) electrons. The molecule has 2 heterocycles. The number of anilines is 2. The molecule has 2 rings (SSSR count). The first-order chi connectivity index (χ1) is 9.63. The normalized spacial score (nSPS) is 12.1. The number of hydrogen-bond donors (Lipinski definition) is 2. The largest absolute Gasteiger partial charge is 0.381 e. The summed E-state index contributed by atoms with van der Waals surface area (Å²) in [6.45, 7) is 7.55. The van der Waals surface area contributed by atoms with E-state index in [1.165, 1.54) is 10.9 Å². The summed E-state index contributed by atoms with van der Waals surface area (Å²) in [5, 5.41) is 8.20. The summed E-state index contributed by atoms with van der Waals surface area (Å²) in [6.07, 6.45) is 1.37. The number of rotatable bonds is 4. The van der Waals surface area contributed by atoms with E-state index in [9.17, 15) is 8.42 Å². The van der Waals surface area contributed by atoms with Gasteiger partial charge in [-0.2, -0.15) is 10.2 Å². The zero-order chi connectivity index (χ0) is 15.9. The monoisotopic (exact) mass is 312 g/mol. The highest BCUT2D eigenvalue weighted by Crippen LogP contribution is 2.26. The van der Waals surface area contributed by atoms with Crippen LogP contribution in [0.3, 0.4) is 0 Å². The lowest BCUT2D eigenvalue weighted by atomic mass is 10.3. The smallest absolute Gasteiger partial charge is 0.267 e. The predicted molar refractivity (Wildman–Crippen MR) is 80.5 cm³/mol. The Bertz CT molecular complexity index is 772. The van der Waals surface area contributed by atoms with Gasteiger partial charge in [-0.3, -0.25) is 14.1 Å². The molecule has 0 spiro atoms. The Hall–Kier alpha value is -2.03. The van der Waals surface area contributed by atoms with E-state index < -0.39 is 10.0 Å². The third kappa shape index (κ3) is 2.73. The van der Waals surface area contributed by atoms with Crippen molar-refractivity contribution >= 4 is 21.5 Å². The SMILES string of the molecule is Cc1nn(C(C)C)c(C)c1NS(=O)(=O)c1cn(C)nc1N. The lowest BCUT2D eigenvalue weighted by Crippen LogP contribution is -2.15. The molecular weight excluding hydrogens is 292 g/mol. The number of nitrogens with two attached hydrogens (primary N) is 1. The topological polar surface area (TPSA) is 108 Å². The van der Waals surface area contributed by atoms with E-state index in [1.54, 1.807) is 18.7 Å². The van der Waals surface area contributed by atoms with E-state index in [0.29, 0.717) is 11.4 Å². The van der Waals surface area contributed by atoms with Gasteiger partial charge in [-0.15, -0.1) is 0 Å². The minimum atomic E-state index is -3.79. The molecule has 0 saturated carbocycles. The van der Waals surface area contributed by atoms with Gasteiger partial charge >= 0.3 is 0 Å². The summed E-state index contributed by atoms with van der Waals surface area (Å²) >= 11 is 0. The fourth-order valence-electron chi connectivity index (χ4n) is 2.19. The highest BCUT2D eigenvalue weighted by Gasteiger charge is 2.24. The average Bonchev–Trinajstić information content (AvgIpc) is 2.83. The lowest BCUT2D eigenvalue weighted by molar-refractivity contribution is 0.516. The van der Waals surface area contributed by atoms with Crippen LogP contribution in [-0.4, -0.2) is 28.0 Å². The van der Waals surface area contributed by atoms with Crippen molar-refractivity contribution in [3.8, 4) is 0 Å². The number of nitrogens with one attached hydrogen (secondary N) is 1. The molecule has 2 aromatic heterocycles. The van der Waals surface area contributed by atoms with Crippen LogP contribution in [0.5, 0.6) is 0 Å². The standard InChI is InChI=1S/C12H20N6O2S/c1-7(2)18-9(4)11(8(3)14-18)16-21(19,20)10-6-17(5)15-12(10)13/h6-7,16H,1-5H3,(H2,13,15). The third-order valence-corrected chi connectivity index (χ3v) is 4.53. The van der Waals surface area contributed by atoms with Gasteiger partial charge in [-0.25, -0.2) is 8.42 Å². The number of hydrogen-bond acceptors (Lipinski definition) is 5. The number of nitrogens with zero attached hydrogens (tertiary/aromatic N) is 4. The second-order valence-corrected chi connectivity index (χ2v) is 6.89. The molecule has 2 aromatic rings. The van der Waals surface area contributed by atoms with Crippen LogP contribution in [0, 0.1) is 13.8 Å². The highest BCUT2D eigenvalue weighted by atomic mass is 32.2. The number of nitrogen functional groups attached to an aromatic ring is 1. The quantitative estimate of drug-likeness (QED) is 0.882. The van der Waals surface area contributed by atoms with Crippen molar-refractivity contribution in [2.75, 3.05) is 10.5 Å². The van der Waals surface area contributed by atoms with Gasteiger partial charge < -0.3 is 5.73 Å². The van der Waals surface area contributed by atoms with Gasteiger partial charge in [0.15, 0.2) is 5.82 Å². The molecule has 0 aromatic carbocycles. The molecular formula is C12H20N6O2S. The Morgan fingerprint density at radius 3 is 2.33 bits per heavy atom.